The molecule has 0 fully saturated rings. The van der Waals surface area contributed by atoms with Gasteiger partial charge in [-0.25, -0.2) is 0 Å². The van der Waals surface area contributed by atoms with E-state index in [4.69, 9.17) is 27.4 Å². The van der Waals surface area contributed by atoms with Gasteiger partial charge in [0.1, 0.15) is 23.1 Å². The van der Waals surface area contributed by atoms with Gasteiger partial charge in [0, 0.05) is 23.9 Å². The predicted molar refractivity (Wildman–Crippen MR) is 85.8 cm³/mol. The number of aromatic nitrogens is 2. The molecule has 0 amide bonds. The molecule has 112 valence electrons. The van der Waals surface area contributed by atoms with Gasteiger partial charge in [-0.2, -0.15) is 5.10 Å². The largest absolute Gasteiger partial charge is 0.497 e. The van der Waals surface area contributed by atoms with Gasteiger partial charge in [-0.05, 0) is 32.0 Å². The minimum Gasteiger partial charge on any atom is -0.497 e. The fourth-order valence-electron chi connectivity index (χ4n) is 1.81. The zero-order valence-corrected chi connectivity index (χ0v) is 13.2. The Morgan fingerprint density at radius 3 is 2.62 bits per heavy atom. The number of hydrogen-bond acceptors (Lipinski definition) is 4. The van der Waals surface area contributed by atoms with Crippen molar-refractivity contribution < 1.29 is 9.47 Å². The first kappa shape index (κ1) is 15.3. The highest BCUT2D eigenvalue weighted by Crippen LogP contribution is 2.23. The molecule has 0 saturated heterocycles. The lowest BCUT2D eigenvalue weighted by Gasteiger charge is -2.09. The molecule has 0 atom stereocenters. The third-order valence-corrected chi connectivity index (χ3v) is 3.22. The van der Waals surface area contributed by atoms with Gasteiger partial charge in [0.15, 0.2) is 0 Å². The highest BCUT2D eigenvalue weighted by molar-refractivity contribution is 7.80. The predicted octanol–water partition coefficient (Wildman–Crippen LogP) is 2.69. The maximum Gasteiger partial charge on any atom is 0.132 e. The van der Waals surface area contributed by atoms with Crippen LogP contribution in [0.2, 0.25) is 0 Å². The van der Waals surface area contributed by atoms with Crippen molar-refractivity contribution >= 4 is 17.2 Å². The summed E-state index contributed by atoms with van der Waals surface area (Å²) in [6.45, 7) is 4.53. The van der Waals surface area contributed by atoms with E-state index in [1.165, 1.54) is 0 Å². The van der Waals surface area contributed by atoms with Crippen LogP contribution in [-0.4, -0.2) is 21.9 Å². The first-order valence-electron chi connectivity index (χ1n) is 6.65. The average molecular weight is 305 g/mol. The molecule has 0 spiro atoms. The SMILES string of the molecule is COc1cc(OCc2ccn(C(C)C)n2)cc(C(N)=S)c1. The Labute approximate surface area is 129 Å². The van der Waals surface area contributed by atoms with Crippen molar-refractivity contribution in [2.75, 3.05) is 7.11 Å². The van der Waals surface area contributed by atoms with Crippen LogP contribution in [0, 0.1) is 0 Å². The van der Waals surface area contributed by atoms with E-state index in [-0.39, 0.29) is 0 Å². The van der Waals surface area contributed by atoms with Crippen molar-refractivity contribution in [3.05, 3.63) is 41.7 Å². The van der Waals surface area contributed by atoms with E-state index in [1.54, 1.807) is 25.3 Å². The molecule has 0 aliphatic rings. The first-order valence-corrected chi connectivity index (χ1v) is 7.06. The third-order valence-electron chi connectivity index (χ3n) is 2.98. The van der Waals surface area contributed by atoms with Crippen LogP contribution in [0.4, 0.5) is 0 Å². The standard InChI is InChI=1S/C15H19N3O2S/c1-10(2)18-5-4-12(17-18)9-20-14-7-11(15(16)21)6-13(8-14)19-3/h4-8,10H,9H2,1-3H3,(H2,16,21). The van der Waals surface area contributed by atoms with Gasteiger partial charge in [0.2, 0.25) is 0 Å². The summed E-state index contributed by atoms with van der Waals surface area (Å²) in [5.41, 5.74) is 7.23. The molecule has 21 heavy (non-hydrogen) atoms. The van der Waals surface area contributed by atoms with Crippen LogP contribution >= 0.6 is 12.2 Å². The average Bonchev–Trinajstić information content (AvgIpc) is 2.93. The van der Waals surface area contributed by atoms with Crippen molar-refractivity contribution in [1.29, 1.82) is 0 Å². The Bertz CT molecular complexity index is 638. The lowest BCUT2D eigenvalue weighted by Crippen LogP contribution is -2.10. The molecular formula is C15H19N3O2S. The number of nitrogens with zero attached hydrogens (tertiary/aromatic N) is 2. The first-order chi connectivity index (χ1) is 9.99. The number of benzene rings is 1. The Morgan fingerprint density at radius 1 is 1.33 bits per heavy atom. The molecule has 6 heteroatoms. The molecule has 2 N–H and O–H groups in total. The molecule has 0 aliphatic carbocycles. The maximum absolute atomic E-state index is 5.75. The van der Waals surface area contributed by atoms with Gasteiger partial charge in [-0.15, -0.1) is 0 Å². The molecule has 5 nitrogen and oxygen atoms in total. The van der Waals surface area contributed by atoms with E-state index in [0.29, 0.717) is 34.7 Å². The molecule has 0 aliphatic heterocycles. The minimum absolute atomic E-state index is 0.308. The molecule has 1 aromatic heterocycles. The Kier molecular flexibility index (Phi) is 4.80. The molecule has 0 bridgehead atoms. The van der Waals surface area contributed by atoms with Crippen LogP contribution < -0.4 is 15.2 Å². The fraction of sp³-hybridized carbons (Fsp3) is 0.333. The summed E-state index contributed by atoms with van der Waals surface area (Å²) in [6, 6.07) is 7.64. The summed E-state index contributed by atoms with van der Waals surface area (Å²) >= 11 is 4.99. The molecule has 0 radical (unpaired) electrons. The molecule has 1 heterocycles. The van der Waals surface area contributed by atoms with Crippen LogP contribution in [0.15, 0.2) is 30.5 Å². The second kappa shape index (κ2) is 6.58. The summed E-state index contributed by atoms with van der Waals surface area (Å²) in [5.74, 6) is 1.30. The van der Waals surface area contributed by atoms with E-state index >= 15 is 0 Å². The molecule has 0 saturated carbocycles. The number of nitrogens with two attached hydrogens (primary N) is 1. The maximum atomic E-state index is 5.75. The van der Waals surface area contributed by atoms with E-state index in [0.717, 1.165) is 5.69 Å². The van der Waals surface area contributed by atoms with Crippen molar-refractivity contribution in [3.8, 4) is 11.5 Å². The van der Waals surface area contributed by atoms with Crippen molar-refractivity contribution in [2.45, 2.75) is 26.5 Å². The summed E-state index contributed by atoms with van der Waals surface area (Å²) in [5, 5.41) is 4.43. The number of methoxy groups -OCH3 is 1. The van der Waals surface area contributed by atoms with E-state index in [1.807, 2.05) is 16.9 Å². The number of ether oxygens (including phenoxy) is 2. The molecular weight excluding hydrogens is 286 g/mol. The summed E-state index contributed by atoms with van der Waals surface area (Å²) < 4.78 is 12.9. The van der Waals surface area contributed by atoms with Gasteiger partial charge < -0.3 is 15.2 Å². The summed E-state index contributed by atoms with van der Waals surface area (Å²) in [6.07, 6.45) is 1.94. The molecule has 0 unspecified atom stereocenters. The Hall–Kier alpha value is -2.08. The Morgan fingerprint density at radius 2 is 2.05 bits per heavy atom. The minimum atomic E-state index is 0.308. The monoisotopic (exact) mass is 305 g/mol. The van der Waals surface area contributed by atoms with Crippen molar-refractivity contribution in [2.24, 2.45) is 5.73 Å². The van der Waals surface area contributed by atoms with Crippen molar-refractivity contribution in [3.63, 3.8) is 0 Å². The molecule has 2 rings (SSSR count). The fourth-order valence-corrected chi connectivity index (χ4v) is 1.93. The quantitative estimate of drug-likeness (QED) is 0.831. The highest BCUT2D eigenvalue weighted by atomic mass is 32.1. The third kappa shape index (κ3) is 3.95. The smallest absolute Gasteiger partial charge is 0.132 e. The van der Waals surface area contributed by atoms with Crippen LogP contribution in [-0.2, 0) is 6.61 Å². The number of hydrogen-bond donors (Lipinski definition) is 1. The number of rotatable bonds is 6. The van der Waals surface area contributed by atoms with Crippen LogP contribution in [0.1, 0.15) is 31.1 Å². The highest BCUT2D eigenvalue weighted by Gasteiger charge is 2.07. The normalized spacial score (nSPS) is 10.7. The van der Waals surface area contributed by atoms with E-state index in [2.05, 4.69) is 18.9 Å². The topological polar surface area (TPSA) is 62.3 Å². The van der Waals surface area contributed by atoms with Crippen LogP contribution in [0.5, 0.6) is 11.5 Å². The van der Waals surface area contributed by atoms with Crippen LogP contribution in [0.3, 0.4) is 0 Å². The molecule has 2 aromatic rings. The van der Waals surface area contributed by atoms with Gasteiger partial charge in [0.05, 0.1) is 12.8 Å². The van der Waals surface area contributed by atoms with Gasteiger partial charge in [-0.3, -0.25) is 4.68 Å². The zero-order chi connectivity index (χ0) is 15.4. The lowest BCUT2D eigenvalue weighted by molar-refractivity contribution is 0.296. The van der Waals surface area contributed by atoms with Crippen molar-refractivity contribution in [1.82, 2.24) is 9.78 Å². The van der Waals surface area contributed by atoms with Gasteiger partial charge in [0.25, 0.3) is 0 Å². The van der Waals surface area contributed by atoms with E-state index < -0.39 is 0 Å². The lowest BCUT2D eigenvalue weighted by atomic mass is 10.2. The Balaban J connectivity index is 2.11. The second-order valence-corrected chi connectivity index (χ2v) is 5.37. The molecule has 1 aromatic carbocycles. The van der Waals surface area contributed by atoms with Gasteiger partial charge in [-0.1, -0.05) is 12.2 Å². The van der Waals surface area contributed by atoms with Gasteiger partial charge >= 0.3 is 0 Å². The zero-order valence-electron chi connectivity index (χ0n) is 12.4. The second-order valence-electron chi connectivity index (χ2n) is 4.93. The summed E-state index contributed by atoms with van der Waals surface area (Å²) in [4.78, 5) is 0.308. The van der Waals surface area contributed by atoms with Crippen LogP contribution in [0.25, 0.3) is 0 Å². The number of thiocarbonyl (C=S) groups is 1. The van der Waals surface area contributed by atoms with E-state index in [9.17, 15) is 0 Å². The summed E-state index contributed by atoms with van der Waals surface area (Å²) in [7, 11) is 1.59.